The minimum Gasteiger partial charge on any atom is -0.388 e. The van der Waals surface area contributed by atoms with Crippen LogP contribution in [-0.2, 0) is 6.42 Å². The summed E-state index contributed by atoms with van der Waals surface area (Å²) in [5.74, 6) is -1.25. The molecule has 0 amide bonds. The molecule has 2 aromatic carbocycles. The van der Waals surface area contributed by atoms with Crippen LogP contribution in [0.25, 0.3) is 0 Å². The van der Waals surface area contributed by atoms with E-state index in [0.717, 1.165) is 15.2 Å². The quantitative estimate of drug-likeness (QED) is 0.825. The Bertz CT molecular complexity index is 537. The Hall–Kier alpha value is -1.01. The number of benzene rings is 2. The van der Waals surface area contributed by atoms with E-state index in [1.54, 1.807) is 6.07 Å². The lowest BCUT2D eigenvalue weighted by Crippen LogP contribution is -2.02. The van der Waals surface area contributed by atoms with Crippen LogP contribution >= 0.6 is 22.6 Å². The van der Waals surface area contributed by atoms with Crippen LogP contribution in [0.4, 0.5) is 8.78 Å². The standard InChI is InChI=1S/C14H11F2IO/c15-11-4-9(5-12(16)8-11)6-14(18)10-2-1-3-13(17)7-10/h1-5,7-8,14,18H,6H2. The summed E-state index contributed by atoms with van der Waals surface area (Å²) in [5.41, 5.74) is 1.19. The molecule has 1 atom stereocenters. The van der Waals surface area contributed by atoms with Crippen molar-refractivity contribution in [2.45, 2.75) is 12.5 Å². The number of halogens is 3. The first-order chi connectivity index (χ1) is 8.54. The van der Waals surface area contributed by atoms with E-state index >= 15 is 0 Å². The molecule has 0 spiro atoms. The average molecular weight is 360 g/mol. The van der Waals surface area contributed by atoms with Crippen LogP contribution < -0.4 is 0 Å². The Kier molecular flexibility index (Phi) is 4.29. The molecule has 0 saturated carbocycles. The van der Waals surface area contributed by atoms with Crippen LogP contribution in [0.15, 0.2) is 42.5 Å². The highest BCUT2D eigenvalue weighted by atomic mass is 127. The molecule has 1 unspecified atom stereocenters. The lowest BCUT2D eigenvalue weighted by Gasteiger charge is -2.11. The topological polar surface area (TPSA) is 20.2 Å². The summed E-state index contributed by atoms with van der Waals surface area (Å²) in [5, 5.41) is 10.0. The summed E-state index contributed by atoms with van der Waals surface area (Å²) < 4.78 is 27.1. The maximum Gasteiger partial charge on any atom is 0.126 e. The molecule has 1 nitrogen and oxygen atoms in total. The number of hydrogen-bond acceptors (Lipinski definition) is 1. The van der Waals surface area contributed by atoms with Crippen molar-refractivity contribution in [3.05, 3.63) is 68.8 Å². The summed E-state index contributed by atoms with van der Waals surface area (Å²) in [6.45, 7) is 0. The second-order valence-corrected chi connectivity index (χ2v) is 5.30. The third-order valence-electron chi connectivity index (χ3n) is 2.58. The fourth-order valence-electron chi connectivity index (χ4n) is 1.78. The lowest BCUT2D eigenvalue weighted by atomic mass is 10.0. The van der Waals surface area contributed by atoms with E-state index in [9.17, 15) is 13.9 Å². The van der Waals surface area contributed by atoms with Crippen LogP contribution in [0.2, 0.25) is 0 Å². The van der Waals surface area contributed by atoms with Crippen LogP contribution in [-0.4, -0.2) is 5.11 Å². The number of hydrogen-bond donors (Lipinski definition) is 1. The fourth-order valence-corrected chi connectivity index (χ4v) is 2.35. The second kappa shape index (κ2) is 5.75. The van der Waals surface area contributed by atoms with E-state index in [0.29, 0.717) is 5.56 Å². The SMILES string of the molecule is OC(Cc1cc(F)cc(F)c1)c1cccc(I)c1. The molecule has 0 heterocycles. The van der Waals surface area contributed by atoms with E-state index < -0.39 is 17.7 Å². The average Bonchev–Trinajstić information content (AvgIpc) is 2.27. The molecule has 2 rings (SSSR count). The molecular formula is C14H11F2IO. The molecule has 0 aliphatic heterocycles. The Morgan fingerprint density at radius 2 is 1.72 bits per heavy atom. The van der Waals surface area contributed by atoms with Crippen molar-refractivity contribution in [3.8, 4) is 0 Å². The lowest BCUT2D eigenvalue weighted by molar-refractivity contribution is 0.178. The van der Waals surface area contributed by atoms with Crippen molar-refractivity contribution in [2.24, 2.45) is 0 Å². The summed E-state index contributed by atoms with van der Waals surface area (Å²) in [4.78, 5) is 0. The van der Waals surface area contributed by atoms with Gasteiger partial charge in [-0.2, -0.15) is 0 Å². The zero-order chi connectivity index (χ0) is 13.1. The Morgan fingerprint density at radius 1 is 1.06 bits per heavy atom. The van der Waals surface area contributed by atoms with Gasteiger partial charge >= 0.3 is 0 Å². The van der Waals surface area contributed by atoms with Crippen molar-refractivity contribution in [3.63, 3.8) is 0 Å². The van der Waals surface area contributed by atoms with E-state index in [2.05, 4.69) is 22.6 Å². The molecule has 1 N–H and O–H groups in total. The van der Waals surface area contributed by atoms with Crippen LogP contribution in [0.1, 0.15) is 17.2 Å². The van der Waals surface area contributed by atoms with Crippen LogP contribution in [0.3, 0.4) is 0 Å². The largest absolute Gasteiger partial charge is 0.388 e. The fraction of sp³-hybridized carbons (Fsp3) is 0.143. The zero-order valence-corrected chi connectivity index (χ0v) is 11.6. The molecule has 0 aliphatic carbocycles. The second-order valence-electron chi connectivity index (χ2n) is 4.05. The van der Waals surface area contributed by atoms with Gasteiger partial charge in [0.15, 0.2) is 0 Å². The van der Waals surface area contributed by atoms with Gasteiger partial charge in [-0.25, -0.2) is 8.78 Å². The molecule has 2 aromatic rings. The highest BCUT2D eigenvalue weighted by Crippen LogP contribution is 2.21. The minimum atomic E-state index is -0.763. The van der Waals surface area contributed by atoms with Gasteiger partial charge in [-0.1, -0.05) is 12.1 Å². The van der Waals surface area contributed by atoms with Gasteiger partial charge in [-0.15, -0.1) is 0 Å². The van der Waals surface area contributed by atoms with Gasteiger partial charge in [0.1, 0.15) is 11.6 Å². The van der Waals surface area contributed by atoms with Gasteiger partial charge in [0.05, 0.1) is 6.10 Å². The smallest absolute Gasteiger partial charge is 0.126 e. The highest BCUT2D eigenvalue weighted by molar-refractivity contribution is 14.1. The monoisotopic (exact) mass is 360 g/mol. The Labute approximate surface area is 118 Å². The highest BCUT2D eigenvalue weighted by Gasteiger charge is 2.10. The summed E-state index contributed by atoms with van der Waals surface area (Å²) in [6.07, 6.45) is -0.574. The maximum absolute atomic E-state index is 13.0. The van der Waals surface area contributed by atoms with E-state index in [-0.39, 0.29) is 6.42 Å². The third kappa shape index (κ3) is 3.49. The van der Waals surface area contributed by atoms with Gasteiger partial charge in [0.2, 0.25) is 0 Å². The molecule has 0 radical (unpaired) electrons. The van der Waals surface area contributed by atoms with E-state index in [1.165, 1.54) is 12.1 Å². The summed E-state index contributed by atoms with van der Waals surface area (Å²) >= 11 is 2.15. The van der Waals surface area contributed by atoms with Gasteiger partial charge in [-0.05, 0) is 58.0 Å². The molecule has 0 aromatic heterocycles. The first-order valence-corrected chi connectivity index (χ1v) is 6.51. The predicted molar refractivity (Wildman–Crippen MR) is 74.2 cm³/mol. The molecule has 4 heteroatoms. The minimum absolute atomic E-state index is 0.189. The Morgan fingerprint density at radius 3 is 2.33 bits per heavy atom. The third-order valence-corrected chi connectivity index (χ3v) is 3.26. The Balaban J connectivity index is 2.18. The molecule has 0 fully saturated rings. The predicted octanol–water partition coefficient (Wildman–Crippen LogP) is 3.85. The first kappa shape index (κ1) is 13.4. The molecule has 0 bridgehead atoms. The van der Waals surface area contributed by atoms with Crippen molar-refractivity contribution in [1.82, 2.24) is 0 Å². The molecule has 18 heavy (non-hydrogen) atoms. The molecule has 0 saturated heterocycles. The normalized spacial score (nSPS) is 12.4. The summed E-state index contributed by atoms with van der Waals surface area (Å²) in [6, 6.07) is 10.7. The van der Waals surface area contributed by atoms with Gasteiger partial charge in [0.25, 0.3) is 0 Å². The van der Waals surface area contributed by atoms with E-state index in [4.69, 9.17) is 0 Å². The molecule has 0 aliphatic rings. The first-order valence-electron chi connectivity index (χ1n) is 5.43. The van der Waals surface area contributed by atoms with E-state index in [1.807, 2.05) is 18.2 Å². The van der Waals surface area contributed by atoms with Gasteiger partial charge in [-0.3, -0.25) is 0 Å². The van der Waals surface area contributed by atoms with Gasteiger partial charge in [0, 0.05) is 16.1 Å². The van der Waals surface area contributed by atoms with Crippen molar-refractivity contribution >= 4 is 22.6 Å². The van der Waals surface area contributed by atoms with Crippen LogP contribution in [0, 0.1) is 15.2 Å². The van der Waals surface area contributed by atoms with Crippen molar-refractivity contribution < 1.29 is 13.9 Å². The maximum atomic E-state index is 13.0. The number of aliphatic hydroxyl groups is 1. The number of aliphatic hydroxyl groups excluding tert-OH is 1. The van der Waals surface area contributed by atoms with Crippen molar-refractivity contribution in [2.75, 3.05) is 0 Å². The summed E-state index contributed by atoms with van der Waals surface area (Å²) in [7, 11) is 0. The van der Waals surface area contributed by atoms with Crippen molar-refractivity contribution in [1.29, 1.82) is 0 Å². The zero-order valence-electron chi connectivity index (χ0n) is 9.41. The molecule has 94 valence electrons. The molecular weight excluding hydrogens is 349 g/mol. The van der Waals surface area contributed by atoms with Gasteiger partial charge < -0.3 is 5.11 Å². The number of rotatable bonds is 3. The van der Waals surface area contributed by atoms with Crippen LogP contribution in [0.5, 0.6) is 0 Å².